The van der Waals surface area contributed by atoms with E-state index in [9.17, 15) is 18.8 Å². The van der Waals surface area contributed by atoms with E-state index in [1.165, 1.54) is 28.4 Å². The van der Waals surface area contributed by atoms with Crippen LogP contribution in [0.3, 0.4) is 0 Å². The highest BCUT2D eigenvalue weighted by atomic mass is 32.1. The second kappa shape index (κ2) is 9.84. The number of carbonyl (C=O) groups is 3. The first kappa shape index (κ1) is 22.0. The van der Waals surface area contributed by atoms with Crippen LogP contribution in [0.4, 0.5) is 9.39 Å². The fraction of sp³-hybridized carbons (Fsp3) is 0.409. The monoisotopic (exact) mass is 431 g/mol. The molecule has 0 atom stereocenters. The molecule has 0 unspecified atom stereocenters. The van der Waals surface area contributed by atoms with E-state index >= 15 is 0 Å². The Labute approximate surface area is 179 Å². The summed E-state index contributed by atoms with van der Waals surface area (Å²) in [5, 5.41) is 3.26. The molecule has 0 saturated carbocycles. The summed E-state index contributed by atoms with van der Waals surface area (Å²) in [6, 6.07) is 5.84. The van der Waals surface area contributed by atoms with Gasteiger partial charge >= 0.3 is 0 Å². The second-order valence-electron chi connectivity index (χ2n) is 7.45. The summed E-state index contributed by atoms with van der Waals surface area (Å²) < 4.78 is 13.2. The molecule has 3 N–H and O–H groups in total. The number of hydrogen-bond donors (Lipinski definition) is 2. The third kappa shape index (κ3) is 5.24. The van der Waals surface area contributed by atoms with Gasteiger partial charge in [0.05, 0.1) is 5.56 Å². The standard InChI is InChI=1S/C22H26FN3O3S/c1-2-5-19(28)26(12-14-8-10-15(23)11-9-14)13-18(27)25-22-20(21(24)29)16-6-3-4-7-17(16)30-22/h8-11H,2-7,12-13H2,1H3,(H2,24,29)(H,25,27). The van der Waals surface area contributed by atoms with Crippen molar-refractivity contribution < 1.29 is 18.8 Å². The molecule has 1 aliphatic carbocycles. The van der Waals surface area contributed by atoms with Gasteiger partial charge in [0.2, 0.25) is 11.8 Å². The average Bonchev–Trinajstić information content (AvgIpc) is 3.07. The Morgan fingerprint density at radius 2 is 1.87 bits per heavy atom. The van der Waals surface area contributed by atoms with Crippen LogP contribution < -0.4 is 11.1 Å². The lowest BCUT2D eigenvalue weighted by molar-refractivity contribution is -0.135. The second-order valence-corrected chi connectivity index (χ2v) is 8.56. The summed E-state index contributed by atoms with van der Waals surface area (Å²) >= 11 is 1.39. The molecule has 0 radical (unpaired) electrons. The number of fused-ring (bicyclic) bond motifs is 1. The van der Waals surface area contributed by atoms with E-state index in [-0.39, 0.29) is 30.7 Å². The first-order valence-electron chi connectivity index (χ1n) is 10.2. The number of thiophene rings is 1. The maximum Gasteiger partial charge on any atom is 0.251 e. The molecule has 160 valence electrons. The van der Waals surface area contributed by atoms with Crippen molar-refractivity contribution in [2.24, 2.45) is 5.73 Å². The lowest BCUT2D eigenvalue weighted by atomic mass is 9.95. The smallest absolute Gasteiger partial charge is 0.251 e. The first-order valence-corrected chi connectivity index (χ1v) is 11.0. The molecule has 8 heteroatoms. The van der Waals surface area contributed by atoms with E-state index < -0.39 is 5.91 Å². The number of hydrogen-bond acceptors (Lipinski definition) is 4. The number of rotatable bonds is 8. The predicted molar refractivity (Wildman–Crippen MR) is 115 cm³/mol. The molecule has 3 rings (SSSR count). The van der Waals surface area contributed by atoms with E-state index in [2.05, 4.69) is 5.32 Å². The van der Waals surface area contributed by atoms with Gasteiger partial charge in [-0.15, -0.1) is 11.3 Å². The van der Waals surface area contributed by atoms with Gasteiger partial charge in [-0.25, -0.2) is 4.39 Å². The third-order valence-electron chi connectivity index (χ3n) is 5.11. The zero-order valence-corrected chi connectivity index (χ0v) is 17.8. The number of anilines is 1. The molecular formula is C22H26FN3O3S. The molecule has 0 saturated heterocycles. The highest BCUT2D eigenvalue weighted by Gasteiger charge is 2.26. The van der Waals surface area contributed by atoms with Crippen molar-refractivity contribution in [2.45, 2.75) is 52.0 Å². The molecule has 1 aromatic carbocycles. The third-order valence-corrected chi connectivity index (χ3v) is 6.32. The van der Waals surface area contributed by atoms with Gasteiger partial charge in [-0.1, -0.05) is 19.1 Å². The number of amides is 3. The number of nitrogens with two attached hydrogens (primary N) is 1. The minimum atomic E-state index is -0.546. The van der Waals surface area contributed by atoms with Crippen molar-refractivity contribution in [2.75, 3.05) is 11.9 Å². The Kier molecular flexibility index (Phi) is 7.20. The minimum absolute atomic E-state index is 0.155. The Balaban J connectivity index is 1.75. The van der Waals surface area contributed by atoms with Crippen LogP contribution in [0.15, 0.2) is 24.3 Å². The Morgan fingerprint density at radius 1 is 1.17 bits per heavy atom. The molecule has 30 heavy (non-hydrogen) atoms. The quantitative estimate of drug-likeness (QED) is 0.668. The molecule has 0 fully saturated rings. The van der Waals surface area contributed by atoms with Gasteiger partial charge in [0.15, 0.2) is 0 Å². The first-order chi connectivity index (χ1) is 14.4. The van der Waals surface area contributed by atoms with Crippen LogP contribution in [0.25, 0.3) is 0 Å². The van der Waals surface area contributed by atoms with Gasteiger partial charge in [-0.05, 0) is 55.4 Å². The van der Waals surface area contributed by atoms with Crippen molar-refractivity contribution in [1.29, 1.82) is 0 Å². The van der Waals surface area contributed by atoms with E-state index in [1.807, 2.05) is 6.92 Å². The van der Waals surface area contributed by atoms with Crippen molar-refractivity contribution in [3.8, 4) is 0 Å². The summed E-state index contributed by atoms with van der Waals surface area (Å²) in [6.45, 7) is 1.94. The van der Waals surface area contributed by atoms with Crippen molar-refractivity contribution in [3.63, 3.8) is 0 Å². The van der Waals surface area contributed by atoms with E-state index in [4.69, 9.17) is 5.73 Å². The topological polar surface area (TPSA) is 92.5 Å². The van der Waals surface area contributed by atoms with Gasteiger partial charge in [0.25, 0.3) is 5.91 Å². The fourth-order valence-electron chi connectivity index (χ4n) is 3.67. The van der Waals surface area contributed by atoms with Crippen molar-refractivity contribution in [1.82, 2.24) is 4.90 Å². The van der Waals surface area contributed by atoms with Crippen LogP contribution in [0.2, 0.25) is 0 Å². The number of aryl methyl sites for hydroxylation is 1. The lowest BCUT2D eigenvalue weighted by Crippen LogP contribution is -2.37. The zero-order valence-electron chi connectivity index (χ0n) is 17.0. The zero-order chi connectivity index (χ0) is 21.7. The van der Waals surface area contributed by atoms with Crippen LogP contribution in [0.1, 0.15) is 59.0 Å². The van der Waals surface area contributed by atoms with E-state index in [0.29, 0.717) is 23.4 Å². The highest BCUT2D eigenvalue weighted by Crippen LogP contribution is 2.37. The van der Waals surface area contributed by atoms with Gasteiger partial charge in [0, 0.05) is 17.8 Å². The van der Waals surface area contributed by atoms with Gasteiger partial charge in [-0.2, -0.15) is 0 Å². The molecular weight excluding hydrogens is 405 g/mol. The van der Waals surface area contributed by atoms with Gasteiger partial charge in [0.1, 0.15) is 17.4 Å². The Morgan fingerprint density at radius 3 is 2.53 bits per heavy atom. The normalized spacial score (nSPS) is 12.9. The number of benzene rings is 1. The van der Waals surface area contributed by atoms with Crippen LogP contribution >= 0.6 is 11.3 Å². The molecule has 1 aliphatic rings. The van der Waals surface area contributed by atoms with Crippen LogP contribution in [0.5, 0.6) is 0 Å². The summed E-state index contributed by atoms with van der Waals surface area (Å²) in [4.78, 5) is 39.8. The number of halogens is 1. The lowest BCUT2D eigenvalue weighted by Gasteiger charge is -2.22. The van der Waals surface area contributed by atoms with E-state index in [0.717, 1.165) is 41.7 Å². The van der Waals surface area contributed by atoms with Crippen LogP contribution in [0, 0.1) is 5.82 Å². The number of primary amides is 1. The summed E-state index contributed by atoms with van der Waals surface area (Å²) in [5.74, 6) is -1.45. The van der Waals surface area contributed by atoms with Crippen molar-refractivity contribution in [3.05, 3.63) is 51.7 Å². The number of nitrogens with zero attached hydrogens (tertiary/aromatic N) is 1. The number of nitrogens with one attached hydrogen (secondary N) is 1. The maximum absolute atomic E-state index is 13.2. The molecule has 0 bridgehead atoms. The molecule has 0 spiro atoms. The molecule has 2 aromatic rings. The Hall–Kier alpha value is -2.74. The van der Waals surface area contributed by atoms with E-state index in [1.54, 1.807) is 12.1 Å². The summed E-state index contributed by atoms with van der Waals surface area (Å²) in [5.41, 5.74) is 7.66. The van der Waals surface area contributed by atoms with Gasteiger partial charge in [-0.3, -0.25) is 14.4 Å². The van der Waals surface area contributed by atoms with Crippen LogP contribution in [-0.2, 0) is 29.0 Å². The maximum atomic E-state index is 13.2. The fourth-order valence-corrected chi connectivity index (χ4v) is 4.98. The largest absolute Gasteiger partial charge is 0.365 e. The van der Waals surface area contributed by atoms with Crippen molar-refractivity contribution >= 4 is 34.1 Å². The highest BCUT2D eigenvalue weighted by molar-refractivity contribution is 7.17. The molecule has 1 aromatic heterocycles. The number of carbonyl (C=O) groups excluding carboxylic acids is 3. The molecule has 1 heterocycles. The molecule has 3 amide bonds. The summed E-state index contributed by atoms with van der Waals surface area (Å²) in [7, 11) is 0. The average molecular weight is 432 g/mol. The minimum Gasteiger partial charge on any atom is -0.365 e. The Bertz CT molecular complexity index is 940. The van der Waals surface area contributed by atoms with Gasteiger partial charge < -0.3 is 16.0 Å². The SMILES string of the molecule is CCCC(=O)N(CC(=O)Nc1sc2c(c1C(N)=O)CCCC2)Cc1ccc(F)cc1. The van der Waals surface area contributed by atoms with Crippen LogP contribution in [-0.4, -0.2) is 29.2 Å². The molecule has 6 nitrogen and oxygen atoms in total. The summed E-state index contributed by atoms with van der Waals surface area (Å²) in [6.07, 6.45) is 4.68. The molecule has 0 aliphatic heterocycles. The predicted octanol–water partition coefficient (Wildman–Crippen LogP) is 3.63.